The van der Waals surface area contributed by atoms with Crippen LogP contribution in [-0.4, -0.2) is 28.9 Å². The molecule has 0 unspecified atom stereocenters. The van der Waals surface area contributed by atoms with Crippen LogP contribution < -0.4 is 11.3 Å². The Morgan fingerprint density at radius 2 is 2.29 bits per heavy atom. The zero-order valence-electron chi connectivity index (χ0n) is 10.4. The molecule has 3 N–H and O–H groups in total. The molecule has 1 heterocycles. The maximum atomic E-state index is 12.3. The molecular weight excluding hydrogens is 216 g/mol. The number of aromatic nitrogens is 1. The molecule has 0 bridgehead atoms. The molecule has 1 aromatic rings. The number of nitrogens with two attached hydrogens (primary N) is 1. The van der Waals surface area contributed by atoms with Gasteiger partial charge in [-0.3, -0.25) is 4.79 Å². The summed E-state index contributed by atoms with van der Waals surface area (Å²) < 4.78 is 0. The summed E-state index contributed by atoms with van der Waals surface area (Å²) in [6.45, 7) is 5.54. The third-order valence-electron chi connectivity index (χ3n) is 2.63. The first-order chi connectivity index (χ1) is 8.24. The van der Waals surface area contributed by atoms with Gasteiger partial charge in [-0.2, -0.15) is 0 Å². The van der Waals surface area contributed by atoms with Crippen molar-refractivity contribution < 1.29 is 4.79 Å². The molecule has 0 spiro atoms. The SMILES string of the molecule is CCCCN(CC)C(=O)c1cccnc1NN. The zero-order chi connectivity index (χ0) is 12.7. The van der Waals surface area contributed by atoms with Gasteiger partial charge in [0.05, 0.1) is 5.56 Å². The fourth-order valence-corrected chi connectivity index (χ4v) is 1.62. The highest BCUT2D eigenvalue weighted by atomic mass is 16.2. The van der Waals surface area contributed by atoms with Crippen LogP contribution in [0.2, 0.25) is 0 Å². The molecule has 0 aliphatic rings. The van der Waals surface area contributed by atoms with Crippen molar-refractivity contribution in [3.05, 3.63) is 23.9 Å². The number of nitrogens with one attached hydrogen (secondary N) is 1. The van der Waals surface area contributed by atoms with Gasteiger partial charge in [-0.25, -0.2) is 10.8 Å². The number of hydrogen-bond donors (Lipinski definition) is 2. The second kappa shape index (κ2) is 6.85. The zero-order valence-corrected chi connectivity index (χ0v) is 10.4. The van der Waals surface area contributed by atoms with Gasteiger partial charge in [0.15, 0.2) is 5.82 Å². The van der Waals surface area contributed by atoms with Crippen LogP contribution in [0.1, 0.15) is 37.0 Å². The maximum Gasteiger partial charge on any atom is 0.257 e. The van der Waals surface area contributed by atoms with Crippen molar-refractivity contribution in [2.24, 2.45) is 5.84 Å². The predicted molar refractivity (Wildman–Crippen MR) is 68.5 cm³/mol. The summed E-state index contributed by atoms with van der Waals surface area (Å²) >= 11 is 0. The van der Waals surface area contributed by atoms with E-state index in [0.29, 0.717) is 17.9 Å². The maximum absolute atomic E-state index is 12.3. The highest BCUT2D eigenvalue weighted by Gasteiger charge is 2.17. The first-order valence-electron chi connectivity index (χ1n) is 5.95. The molecule has 5 heteroatoms. The highest BCUT2D eigenvalue weighted by molar-refractivity contribution is 5.98. The summed E-state index contributed by atoms with van der Waals surface area (Å²) in [6.07, 6.45) is 3.68. The summed E-state index contributed by atoms with van der Waals surface area (Å²) in [5, 5.41) is 0. The summed E-state index contributed by atoms with van der Waals surface area (Å²) in [6, 6.07) is 3.47. The fourth-order valence-electron chi connectivity index (χ4n) is 1.62. The molecule has 1 amide bonds. The van der Waals surface area contributed by atoms with Crippen LogP contribution in [0.5, 0.6) is 0 Å². The normalized spacial score (nSPS) is 10.1. The Hall–Kier alpha value is -1.62. The number of unbranched alkanes of at least 4 members (excludes halogenated alkanes) is 1. The number of hydrazine groups is 1. The molecule has 0 saturated carbocycles. The van der Waals surface area contributed by atoms with Crippen LogP contribution in [0.25, 0.3) is 0 Å². The van der Waals surface area contributed by atoms with Crippen molar-refractivity contribution in [1.29, 1.82) is 0 Å². The third-order valence-corrected chi connectivity index (χ3v) is 2.63. The van der Waals surface area contributed by atoms with Crippen LogP contribution in [0.3, 0.4) is 0 Å². The quantitative estimate of drug-likeness (QED) is 0.581. The van der Waals surface area contributed by atoms with Gasteiger partial charge in [0.25, 0.3) is 5.91 Å². The highest BCUT2D eigenvalue weighted by Crippen LogP contribution is 2.13. The lowest BCUT2D eigenvalue weighted by molar-refractivity contribution is 0.0763. The van der Waals surface area contributed by atoms with Crippen molar-refractivity contribution in [3.8, 4) is 0 Å². The first-order valence-corrected chi connectivity index (χ1v) is 5.95. The molecule has 1 aromatic heterocycles. The molecular formula is C12H20N4O. The summed E-state index contributed by atoms with van der Waals surface area (Å²) in [5.41, 5.74) is 2.97. The molecule has 17 heavy (non-hydrogen) atoms. The van der Waals surface area contributed by atoms with Crippen LogP contribution in [0, 0.1) is 0 Å². The largest absolute Gasteiger partial charge is 0.339 e. The smallest absolute Gasteiger partial charge is 0.257 e. The predicted octanol–water partition coefficient (Wildman–Crippen LogP) is 1.63. The Morgan fingerprint density at radius 3 is 2.88 bits per heavy atom. The van der Waals surface area contributed by atoms with Crippen LogP contribution in [0.15, 0.2) is 18.3 Å². The van der Waals surface area contributed by atoms with E-state index in [9.17, 15) is 4.79 Å². The van der Waals surface area contributed by atoms with Gasteiger partial charge < -0.3 is 10.3 Å². The van der Waals surface area contributed by atoms with E-state index in [1.54, 1.807) is 23.2 Å². The van der Waals surface area contributed by atoms with E-state index in [1.165, 1.54) is 0 Å². The lowest BCUT2D eigenvalue weighted by Gasteiger charge is -2.21. The number of amides is 1. The van der Waals surface area contributed by atoms with Gasteiger partial charge in [0.1, 0.15) is 0 Å². The number of hydrogen-bond acceptors (Lipinski definition) is 4. The van der Waals surface area contributed by atoms with Crippen molar-refractivity contribution >= 4 is 11.7 Å². The second-order valence-corrected chi connectivity index (χ2v) is 3.78. The Bertz CT molecular complexity index is 367. The topological polar surface area (TPSA) is 71.2 Å². The van der Waals surface area contributed by atoms with Crippen molar-refractivity contribution in [3.63, 3.8) is 0 Å². The molecule has 0 aliphatic heterocycles. The molecule has 5 nitrogen and oxygen atoms in total. The molecule has 0 fully saturated rings. The lowest BCUT2D eigenvalue weighted by Crippen LogP contribution is -2.32. The Balaban J connectivity index is 2.85. The van der Waals surface area contributed by atoms with Crippen molar-refractivity contribution in [2.45, 2.75) is 26.7 Å². The van der Waals surface area contributed by atoms with Gasteiger partial charge in [-0.1, -0.05) is 13.3 Å². The van der Waals surface area contributed by atoms with E-state index < -0.39 is 0 Å². The van der Waals surface area contributed by atoms with E-state index in [2.05, 4.69) is 17.3 Å². The standard InChI is InChI=1S/C12H20N4O/c1-3-5-9-16(4-2)12(17)10-7-6-8-14-11(10)15-13/h6-8H,3-5,9,13H2,1-2H3,(H,14,15). The minimum Gasteiger partial charge on any atom is -0.339 e. The average Bonchev–Trinajstić information content (AvgIpc) is 2.39. The van der Waals surface area contributed by atoms with E-state index >= 15 is 0 Å². The molecule has 1 rings (SSSR count). The van der Waals surface area contributed by atoms with Crippen molar-refractivity contribution in [2.75, 3.05) is 18.5 Å². The Kier molecular flexibility index (Phi) is 5.42. The molecule has 94 valence electrons. The molecule has 0 atom stereocenters. The van der Waals surface area contributed by atoms with Crippen molar-refractivity contribution in [1.82, 2.24) is 9.88 Å². The van der Waals surface area contributed by atoms with Gasteiger partial charge >= 0.3 is 0 Å². The number of carbonyl (C=O) groups is 1. The average molecular weight is 236 g/mol. The number of anilines is 1. The number of pyridine rings is 1. The van der Waals surface area contributed by atoms with Gasteiger partial charge in [0.2, 0.25) is 0 Å². The molecule has 0 saturated heterocycles. The van der Waals surface area contributed by atoms with E-state index in [4.69, 9.17) is 5.84 Å². The van der Waals surface area contributed by atoms with Gasteiger partial charge in [0, 0.05) is 19.3 Å². The molecule has 0 radical (unpaired) electrons. The van der Waals surface area contributed by atoms with E-state index in [0.717, 1.165) is 19.4 Å². The second-order valence-electron chi connectivity index (χ2n) is 3.78. The Morgan fingerprint density at radius 1 is 1.53 bits per heavy atom. The van der Waals surface area contributed by atoms with Gasteiger partial charge in [-0.05, 0) is 25.5 Å². The van der Waals surface area contributed by atoms with Crippen LogP contribution in [0.4, 0.5) is 5.82 Å². The molecule has 0 aromatic carbocycles. The Labute approximate surface area is 102 Å². The minimum atomic E-state index is -0.0259. The van der Waals surface area contributed by atoms with E-state index in [-0.39, 0.29) is 5.91 Å². The lowest BCUT2D eigenvalue weighted by atomic mass is 10.2. The van der Waals surface area contributed by atoms with Gasteiger partial charge in [-0.15, -0.1) is 0 Å². The number of nitrogen functional groups attached to an aromatic ring is 1. The number of nitrogens with zero attached hydrogens (tertiary/aromatic N) is 2. The number of rotatable bonds is 6. The molecule has 0 aliphatic carbocycles. The van der Waals surface area contributed by atoms with E-state index in [1.807, 2.05) is 6.92 Å². The number of carbonyl (C=O) groups excluding carboxylic acids is 1. The summed E-state index contributed by atoms with van der Waals surface area (Å²) in [5.74, 6) is 5.74. The monoisotopic (exact) mass is 236 g/mol. The summed E-state index contributed by atoms with van der Waals surface area (Å²) in [4.78, 5) is 18.1. The first kappa shape index (κ1) is 13.4. The van der Waals surface area contributed by atoms with Crippen LogP contribution >= 0.6 is 0 Å². The third kappa shape index (κ3) is 3.42. The van der Waals surface area contributed by atoms with Crippen LogP contribution in [-0.2, 0) is 0 Å². The minimum absolute atomic E-state index is 0.0259. The summed E-state index contributed by atoms with van der Waals surface area (Å²) in [7, 11) is 0. The fraction of sp³-hybridized carbons (Fsp3) is 0.500.